The minimum Gasteiger partial charge on any atom is -0.289 e. The Labute approximate surface area is 90.8 Å². The summed E-state index contributed by atoms with van der Waals surface area (Å²) in [6, 6.07) is 0.799. The zero-order chi connectivity index (χ0) is 12.2. The molecule has 1 heterocycles. The predicted octanol–water partition coefficient (Wildman–Crippen LogP) is 3.25. The monoisotopic (exact) mass is 229 g/mol. The van der Waals surface area contributed by atoms with E-state index in [0.29, 0.717) is 6.42 Å². The summed E-state index contributed by atoms with van der Waals surface area (Å²) in [6.45, 7) is 1.79. The summed E-state index contributed by atoms with van der Waals surface area (Å²) in [4.78, 5) is 15.0. The lowest BCUT2D eigenvalue weighted by Gasteiger charge is -2.09. The molecule has 0 amide bonds. The molecule has 0 fully saturated rings. The standard InChI is InChI=1S/C11H10F3NO/c1-2-3-4-10(16)8-7-15-6-5-9(8)11(12,13)14/h3-7H,2H2,1H3/b4-3+. The number of hydrogen-bond donors (Lipinski definition) is 0. The molecule has 86 valence electrons. The van der Waals surface area contributed by atoms with Crippen LogP contribution in [0.5, 0.6) is 0 Å². The Bertz CT molecular complexity index is 410. The minimum absolute atomic E-state index is 0.417. The van der Waals surface area contributed by atoms with Gasteiger partial charge in [-0.2, -0.15) is 13.2 Å². The van der Waals surface area contributed by atoms with Crippen molar-refractivity contribution in [2.24, 2.45) is 0 Å². The van der Waals surface area contributed by atoms with E-state index in [9.17, 15) is 18.0 Å². The maximum Gasteiger partial charge on any atom is 0.417 e. The molecule has 16 heavy (non-hydrogen) atoms. The smallest absolute Gasteiger partial charge is 0.289 e. The van der Waals surface area contributed by atoms with Crippen molar-refractivity contribution in [1.29, 1.82) is 0 Å². The molecule has 1 aromatic rings. The van der Waals surface area contributed by atoms with Crippen LogP contribution >= 0.6 is 0 Å². The van der Waals surface area contributed by atoms with E-state index in [-0.39, 0.29) is 0 Å². The quantitative estimate of drug-likeness (QED) is 0.588. The molecule has 0 saturated heterocycles. The Morgan fingerprint density at radius 2 is 2.19 bits per heavy atom. The van der Waals surface area contributed by atoms with Gasteiger partial charge in [0, 0.05) is 12.4 Å². The van der Waals surface area contributed by atoms with Crippen molar-refractivity contribution in [3.05, 3.63) is 41.7 Å². The summed E-state index contributed by atoms with van der Waals surface area (Å²) in [5, 5.41) is 0. The number of carbonyl (C=O) groups excluding carboxylic acids is 1. The lowest BCUT2D eigenvalue weighted by atomic mass is 10.1. The molecule has 0 radical (unpaired) electrons. The summed E-state index contributed by atoms with van der Waals surface area (Å²) in [5.74, 6) is -0.678. The molecular weight excluding hydrogens is 219 g/mol. The van der Waals surface area contributed by atoms with Crippen LogP contribution in [-0.2, 0) is 6.18 Å². The first-order valence-electron chi connectivity index (χ1n) is 4.69. The summed E-state index contributed by atoms with van der Waals surface area (Å²) in [6.07, 6.45) is 0.650. The van der Waals surface area contributed by atoms with Gasteiger partial charge < -0.3 is 0 Å². The summed E-state index contributed by atoms with van der Waals surface area (Å²) in [7, 11) is 0. The molecule has 2 nitrogen and oxygen atoms in total. The van der Waals surface area contributed by atoms with Crippen LogP contribution in [0.25, 0.3) is 0 Å². The first-order chi connectivity index (χ1) is 7.46. The molecule has 0 N–H and O–H groups in total. The van der Waals surface area contributed by atoms with Crippen molar-refractivity contribution in [2.45, 2.75) is 19.5 Å². The van der Waals surface area contributed by atoms with Gasteiger partial charge in [-0.05, 0) is 18.6 Å². The summed E-state index contributed by atoms with van der Waals surface area (Å²) >= 11 is 0. The third-order valence-corrected chi connectivity index (χ3v) is 1.90. The van der Waals surface area contributed by atoms with E-state index in [1.165, 1.54) is 6.08 Å². The highest BCUT2D eigenvalue weighted by Gasteiger charge is 2.34. The average Bonchev–Trinajstić information content (AvgIpc) is 2.24. The third-order valence-electron chi connectivity index (χ3n) is 1.90. The lowest BCUT2D eigenvalue weighted by molar-refractivity contribution is -0.137. The first kappa shape index (κ1) is 12.4. The van der Waals surface area contributed by atoms with Gasteiger partial charge in [0.25, 0.3) is 0 Å². The van der Waals surface area contributed by atoms with E-state index in [2.05, 4.69) is 4.98 Å². The largest absolute Gasteiger partial charge is 0.417 e. The number of nitrogens with zero attached hydrogens (tertiary/aromatic N) is 1. The highest BCUT2D eigenvalue weighted by Crippen LogP contribution is 2.31. The number of rotatable bonds is 3. The number of alkyl halides is 3. The fourth-order valence-corrected chi connectivity index (χ4v) is 1.15. The average molecular weight is 229 g/mol. The van der Waals surface area contributed by atoms with Gasteiger partial charge >= 0.3 is 6.18 Å². The van der Waals surface area contributed by atoms with Gasteiger partial charge in [-0.25, -0.2) is 0 Å². The molecule has 5 heteroatoms. The number of hydrogen-bond acceptors (Lipinski definition) is 2. The van der Waals surface area contributed by atoms with Crippen LogP contribution < -0.4 is 0 Å². The topological polar surface area (TPSA) is 30.0 Å². The van der Waals surface area contributed by atoms with Crippen LogP contribution in [0, 0.1) is 0 Å². The fourth-order valence-electron chi connectivity index (χ4n) is 1.15. The second kappa shape index (κ2) is 4.92. The zero-order valence-electron chi connectivity index (χ0n) is 8.58. The minimum atomic E-state index is -4.53. The zero-order valence-corrected chi connectivity index (χ0v) is 8.58. The van der Waals surface area contributed by atoms with Crippen LogP contribution in [0.3, 0.4) is 0 Å². The van der Waals surface area contributed by atoms with Crippen LogP contribution in [0.2, 0.25) is 0 Å². The molecule has 0 aliphatic rings. The van der Waals surface area contributed by atoms with Crippen molar-refractivity contribution in [1.82, 2.24) is 4.98 Å². The molecule has 0 aliphatic heterocycles. The lowest BCUT2D eigenvalue weighted by Crippen LogP contribution is -2.12. The number of pyridine rings is 1. The Hall–Kier alpha value is -1.65. The van der Waals surface area contributed by atoms with Crippen molar-refractivity contribution in [3.63, 3.8) is 0 Å². The Morgan fingerprint density at radius 3 is 2.75 bits per heavy atom. The van der Waals surface area contributed by atoms with Crippen LogP contribution in [0.15, 0.2) is 30.6 Å². The van der Waals surface area contributed by atoms with E-state index < -0.39 is 23.1 Å². The van der Waals surface area contributed by atoms with Crippen LogP contribution in [0.1, 0.15) is 29.3 Å². The van der Waals surface area contributed by atoms with Gasteiger partial charge in [-0.15, -0.1) is 0 Å². The Morgan fingerprint density at radius 1 is 1.50 bits per heavy atom. The second-order valence-corrected chi connectivity index (χ2v) is 3.09. The van der Waals surface area contributed by atoms with Crippen molar-refractivity contribution >= 4 is 5.78 Å². The number of allylic oxidation sites excluding steroid dienone is 2. The van der Waals surface area contributed by atoms with Gasteiger partial charge in [0.2, 0.25) is 0 Å². The van der Waals surface area contributed by atoms with E-state index in [1.54, 1.807) is 6.92 Å². The Balaban J connectivity index is 3.14. The fraction of sp³-hybridized carbons (Fsp3) is 0.273. The van der Waals surface area contributed by atoms with Gasteiger partial charge in [-0.1, -0.05) is 13.0 Å². The highest BCUT2D eigenvalue weighted by atomic mass is 19.4. The first-order valence-corrected chi connectivity index (χ1v) is 4.69. The van der Waals surface area contributed by atoms with Crippen LogP contribution in [-0.4, -0.2) is 10.8 Å². The molecule has 0 aromatic carbocycles. The third kappa shape index (κ3) is 2.92. The number of ketones is 1. The maximum atomic E-state index is 12.5. The SMILES string of the molecule is CC/C=C/C(=O)c1cnccc1C(F)(F)F. The molecule has 0 unspecified atom stereocenters. The predicted molar refractivity (Wildman–Crippen MR) is 53.0 cm³/mol. The molecule has 0 spiro atoms. The van der Waals surface area contributed by atoms with E-state index in [1.807, 2.05) is 0 Å². The van der Waals surface area contributed by atoms with Gasteiger partial charge in [0.1, 0.15) is 0 Å². The normalized spacial score (nSPS) is 12.0. The van der Waals surface area contributed by atoms with Crippen LogP contribution in [0.4, 0.5) is 13.2 Å². The van der Waals surface area contributed by atoms with Gasteiger partial charge in [-0.3, -0.25) is 9.78 Å². The molecule has 0 saturated carbocycles. The molecule has 0 atom stereocenters. The van der Waals surface area contributed by atoms with Gasteiger partial charge in [0.15, 0.2) is 5.78 Å². The van der Waals surface area contributed by atoms with Gasteiger partial charge in [0.05, 0.1) is 11.1 Å². The molecule has 0 aliphatic carbocycles. The molecular formula is C11H10F3NO. The number of halogens is 3. The van der Waals surface area contributed by atoms with E-state index in [4.69, 9.17) is 0 Å². The Kier molecular flexibility index (Phi) is 3.82. The highest BCUT2D eigenvalue weighted by molar-refractivity contribution is 6.05. The maximum absolute atomic E-state index is 12.5. The summed E-state index contributed by atoms with van der Waals surface area (Å²) < 4.78 is 37.6. The summed E-state index contributed by atoms with van der Waals surface area (Å²) in [5.41, 5.74) is -1.37. The van der Waals surface area contributed by atoms with E-state index >= 15 is 0 Å². The molecule has 1 rings (SSSR count). The molecule has 1 aromatic heterocycles. The second-order valence-electron chi connectivity index (χ2n) is 3.09. The number of carbonyl (C=O) groups is 1. The molecule has 0 bridgehead atoms. The van der Waals surface area contributed by atoms with Crippen molar-refractivity contribution in [2.75, 3.05) is 0 Å². The van der Waals surface area contributed by atoms with Crippen molar-refractivity contribution in [3.8, 4) is 0 Å². The number of aromatic nitrogens is 1. The van der Waals surface area contributed by atoms with E-state index in [0.717, 1.165) is 24.5 Å². The van der Waals surface area contributed by atoms with Crippen molar-refractivity contribution < 1.29 is 18.0 Å².